The van der Waals surface area contributed by atoms with Gasteiger partial charge < -0.3 is 9.80 Å². The molecule has 9 heteroatoms. The minimum Gasteiger partial charge on any atom is -0.352 e. The van der Waals surface area contributed by atoms with E-state index in [-0.39, 0.29) is 5.82 Å². The minimum absolute atomic E-state index is 0.219. The first-order chi connectivity index (χ1) is 13.8. The van der Waals surface area contributed by atoms with Gasteiger partial charge in [-0.1, -0.05) is 23.5 Å². The number of anilines is 2. The summed E-state index contributed by atoms with van der Waals surface area (Å²) in [5.41, 5.74) is 1.04. The van der Waals surface area contributed by atoms with E-state index in [0.717, 1.165) is 57.9 Å². The Kier molecular flexibility index (Phi) is 4.61. The third-order valence-corrected chi connectivity index (χ3v) is 6.62. The predicted octanol–water partition coefficient (Wildman–Crippen LogP) is 3.60. The number of fused-ring (bicyclic) bond motifs is 1. The van der Waals surface area contributed by atoms with Crippen molar-refractivity contribution in [1.82, 2.24) is 20.2 Å². The number of halogens is 1. The number of rotatable bonds is 4. The lowest BCUT2D eigenvalue weighted by Crippen LogP contribution is -2.46. The summed E-state index contributed by atoms with van der Waals surface area (Å²) in [7, 11) is 0. The van der Waals surface area contributed by atoms with E-state index in [2.05, 4.69) is 41.4 Å². The maximum Gasteiger partial charge on any atom is 0.208 e. The van der Waals surface area contributed by atoms with Crippen molar-refractivity contribution in [3.8, 4) is 0 Å². The molecule has 0 bridgehead atoms. The van der Waals surface area contributed by atoms with Crippen molar-refractivity contribution in [2.45, 2.75) is 6.42 Å². The second kappa shape index (κ2) is 7.40. The summed E-state index contributed by atoms with van der Waals surface area (Å²) >= 11 is 3.25. The first-order valence-electron chi connectivity index (χ1n) is 9.01. The van der Waals surface area contributed by atoms with Crippen molar-refractivity contribution in [2.24, 2.45) is 0 Å². The molecule has 4 heterocycles. The van der Waals surface area contributed by atoms with Crippen LogP contribution in [0.15, 0.2) is 42.0 Å². The topological polar surface area (TPSA) is 58.0 Å². The van der Waals surface area contributed by atoms with Crippen molar-refractivity contribution in [2.75, 3.05) is 36.0 Å². The van der Waals surface area contributed by atoms with Crippen LogP contribution >= 0.6 is 22.7 Å². The fourth-order valence-corrected chi connectivity index (χ4v) is 5.01. The highest BCUT2D eigenvalue weighted by Gasteiger charge is 2.22. The van der Waals surface area contributed by atoms with Crippen LogP contribution in [-0.2, 0) is 6.42 Å². The molecular formula is C19H17FN6S2. The van der Waals surface area contributed by atoms with Gasteiger partial charge in [0.15, 0.2) is 0 Å². The quantitative estimate of drug-likeness (QED) is 0.511. The van der Waals surface area contributed by atoms with E-state index in [9.17, 15) is 4.39 Å². The third-order valence-electron chi connectivity index (χ3n) is 4.82. The highest BCUT2D eigenvalue weighted by atomic mass is 32.1. The molecule has 0 radical (unpaired) electrons. The standard InChI is InChI=1S/C19H17FN6S2/c20-14-3-1-13(2-4-14)11-16-23-24-19(28-16)26-8-6-25(7-9-26)17-15-5-10-27-18(15)22-12-21-17/h1-5,10,12H,6-9,11H2. The Morgan fingerprint density at radius 1 is 0.929 bits per heavy atom. The number of thiophene rings is 1. The van der Waals surface area contributed by atoms with Crippen LogP contribution in [0, 0.1) is 5.82 Å². The van der Waals surface area contributed by atoms with Gasteiger partial charge in [0.05, 0.1) is 5.39 Å². The molecular weight excluding hydrogens is 395 g/mol. The molecule has 0 aliphatic carbocycles. The molecule has 0 unspecified atom stereocenters. The van der Waals surface area contributed by atoms with E-state index in [1.807, 2.05) is 0 Å². The molecule has 0 spiro atoms. The normalized spacial score (nSPS) is 14.8. The van der Waals surface area contributed by atoms with Crippen LogP contribution in [0.3, 0.4) is 0 Å². The van der Waals surface area contributed by atoms with Crippen LogP contribution in [0.4, 0.5) is 15.3 Å². The lowest BCUT2D eigenvalue weighted by molar-refractivity contribution is 0.627. The van der Waals surface area contributed by atoms with Gasteiger partial charge in [-0.25, -0.2) is 14.4 Å². The van der Waals surface area contributed by atoms with Crippen LogP contribution in [0.2, 0.25) is 0 Å². The highest BCUT2D eigenvalue weighted by Crippen LogP contribution is 2.29. The molecule has 4 aromatic rings. The highest BCUT2D eigenvalue weighted by molar-refractivity contribution is 7.16. The van der Waals surface area contributed by atoms with Gasteiger partial charge in [0.25, 0.3) is 0 Å². The molecule has 3 aromatic heterocycles. The zero-order chi connectivity index (χ0) is 18.9. The third kappa shape index (κ3) is 3.43. The summed E-state index contributed by atoms with van der Waals surface area (Å²) in [6.07, 6.45) is 2.32. The van der Waals surface area contributed by atoms with Crippen LogP contribution in [-0.4, -0.2) is 46.3 Å². The Bertz CT molecular complexity index is 1090. The van der Waals surface area contributed by atoms with Crippen molar-refractivity contribution < 1.29 is 4.39 Å². The zero-order valence-electron chi connectivity index (χ0n) is 15.0. The number of hydrogen-bond acceptors (Lipinski definition) is 8. The van der Waals surface area contributed by atoms with Crippen molar-refractivity contribution >= 4 is 43.8 Å². The lowest BCUT2D eigenvalue weighted by Gasteiger charge is -2.35. The number of nitrogens with zero attached hydrogens (tertiary/aromatic N) is 6. The van der Waals surface area contributed by atoms with Gasteiger partial charge in [-0.2, -0.15) is 0 Å². The Balaban J connectivity index is 1.25. The van der Waals surface area contributed by atoms with Crippen molar-refractivity contribution in [3.05, 3.63) is 58.4 Å². The molecule has 0 amide bonds. The molecule has 1 aliphatic heterocycles. The first kappa shape index (κ1) is 17.4. The molecule has 0 N–H and O–H groups in total. The van der Waals surface area contributed by atoms with E-state index in [1.165, 1.54) is 12.1 Å². The maximum atomic E-state index is 13.1. The predicted molar refractivity (Wildman–Crippen MR) is 111 cm³/mol. The average molecular weight is 413 g/mol. The lowest BCUT2D eigenvalue weighted by atomic mass is 10.2. The fourth-order valence-electron chi connectivity index (χ4n) is 3.36. The summed E-state index contributed by atoms with van der Waals surface area (Å²) < 4.78 is 13.1. The summed E-state index contributed by atoms with van der Waals surface area (Å²) in [5.74, 6) is 0.795. The summed E-state index contributed by atoms with van der Waals surface area (Å²) in [6, 6.07) is 8.64. The fraction of sp³-hybridized carbons (Fsp3) is 0.263. The second-order valence-electron chi connectivity index (χ2n) is 6.59. The molecule has 1 aliphatic rings. The van der Waals surface area contributed by atoms with Crippen LogP contribution in [0.5, 0.6) is 0 Å². The Morgan fingerprint density at radius 2 is 1.71 bits per heavy atom. The van der Waals surface area contributed by atoms with E-state index in [0.29, 0.717) is 6.42 Å². The molecule has 0 saturated carbocycles. The van der Waals surface area contributed by atoms with Gasteiger partial charge in [0.1, 0.15) is 27.8 Å². The SMILES string of the molecule is Fc1ccc(Cc2nnc(N3CCN(c4ncnc5sccc45)CC3)s2)cc1. The second-order valence-corrected chi connectivity index (χ2v) is 8.53. The van der Waals surface area contributed by atoms with Gasteiger partial charge in [-0.3, -0.25) is 0 Å². The smallest absolute Gasteiger partial charge is 0.208 e. The van der Waals surface area contributed by atoms with Gasteiger partial charge in [-0.05, 0) is 29.1 Å². The zero-order valence-corrected chi connectivity index (χ0v) is 16.6. The number of piperazine rings is 1. The molecule has 0 atom stereocenters. The van der Waals surface area contributed by atoms with Crippen LogP contribution in [0.25, 0.3) is 10.2 Å². The summed E-state index contributed by atoms with van der Waals surface area (Å²) in [6.45, 7) is 3.52. The van der Waals surface area contributed by atoms with E-state index < -0.39 is 0 Å². The molecule has 6 nitrogen and oxygen atoms in total. The molecule has 28 heavy (non-hydrogen) atoms. The van der Waals surface area contributed by atoms with Gasteiger partial charge in [0, 0.05) is 32.6 Å². The molecule has 1 aromatic carbocycles. The first-order valence-corrected chi connectivity index (χ1v) is 10.7. The average Bonchev–Trinajstić information content (AvgIpc) is 3.39. The molecule has 142 valence electrons. The molecule has 5 rings (SSSR count). The number of hydrogen-bond donors (Lipinski definition) is 0. The van der Waals surface area contributed by atoms with E-state index in [4.69, 9.17) is 0 Å². The Labute approximate surface area is 169 Å². The van der Waals surface area contributed by atoms with Crippen LogP contribution in [0.1, 0.15) is 10.6 Å². The van der Waals surface area contributed by atoms with E-state index in [1.54, 1.807) is 41.1 Å². The Morgan fingerprint density at radius 3 is 2.54 bits per heavy atom. The van der Waals surface area contributed by atoms with E-state index >= 15 is 0 Å². The largest absolute Gasteiger partial charge is 0.352 e. The Hall–Kier alpha value is -2.65. The van der Waals surface area contributed by atoms with Gasteiger partial charge in [0.2, 0.25) is 5.13 Å². The maximum absolute atomic E-state index is 13.1. The summed E-state index contributed by atoms with van der Waals surface area (Å²) in [4.78, 5) is 14.5. The van der Waals surface area contributed by atoms with Gasteiger partial charge in [-0.15, -0.1) is 21.5 Å². The number of aromatic nitrogens is 4. The molecule has 1 saturated heterocycles. The van der Waals surface area contributed by atoms with Crippen molar-refractivity contribution in [1.29, 1.82) is 0 Å². The number of benzene rings is 1. The minimum atomic E-state index is -0.219. The van der Waals surface area contributed by atoms with Gasteiger partial charge >= 0.3 is 0 Å². The summed E-state index contributed by atoms with van der Waals surface area (Å²) in [5, 5.41) is 13.8. The molecule has 1 fully saturated rings. The van der Waals surface area contributed by atoms with Crippen molar-refractivity contribution in [3.63, 3.8) is 0 Å². The van der Waals surface area contributed by atoms with Crippen LogP contribution < -0.4 is 9.80 Å². The monoisotopic (exact) mass is 412 g/mol.